The third-order valence-electron chi connectivity index (χ3n) is 4.23. The van der Waals surface area contributed by atoms with Crippen LogP contribution in [0.2, 0.25) is 5.02 Å². The molecule has 142 valence electrons. The van der Waals surface area contributed by atoms with Crippen molar-refractivity contribution < 1.29 is 14.6 Å². The maximum absolute atomic E-state index is 13.2. The fourth-order valence-electron chi connectivity index (χ4n) is 2.91. The van der Waals surface area contributed by atoms with E-state index in [0.29, 0.717) is 47.1 Å². The molecule has 0 aliphatic rings. The van der Waals surface area contributed by atoms with Gasteiger partial charge in [-0.1, -0.05) is 23.7 Å². The molecule has 27 heavy (non-hydrogen) atoms. The second kappa shape index (κ2) is 8.65. The molecule has 0 amide bonds. The number of aliphatic carboxylic acids is 1. The van der Waals surface area contributed by atoms with Gasteiger partial charge >= 0.3 is 5.97 Å². The zero-order chi connectivity index (χ0) is 19.4. The lowest BCUT2D eigenvalue weighted by molar-refractivity contribution is -0.137. The molecule has 2 aromatic heterocycles. The number of aromatic nitrogens is 2. The van der Waals surface area contributed by atoms with Crippen LogP contribution in [0.1, 0.15) is 18.7 Å². The lowest BCUT2D eigenvalue weighted by Gasteiger charge is -2.12. The summed E-state index contributed by atoms with van der Waals surface area (Å²) in [4.78, 5) is 29.4. The number of carbonyl (C=O) groups is 1. The molecule has 0 aliphatic heterocycles. The molecule has 3 aromatic rings. The van der Waals surface area contributed by atoms with Gasteiger partial charge in [0.2, 0.25) is 0 Å². The van der Waals surface area contributed by atoms with Crippen molar-refractivity contribution in [1.29, 1.82) is 0 Å². The number of ether oxygens (including phenoxy) is 1. The van der Waals surface area contributed by atoms with Gasteiger partial charge in [-0.15, -0.1) is 11.3 Å². The predicted molar refractivity (Wildman–Crippen MR) is 107 cm³/mol. The summed E-state index contributed by atoms with van der Waals surface area (Å²) in [7, 11) is 1.59. The first-order valence-corrected chi connectivity index (χ1v) is 9.74. The van der Waals surface area contributed by atoms with E-state index in [1.807, 2.05) is 17.5 Å². The van der Waals surface area contributed by atoms with Gasteiger partial charge in [0.05, 0.1) is 12.0 Å². The number of carboxylic acid groups (broad SMARTS) is 1. The molecule has 0 unspecified atom stereocenters. The molecule has 2 heterocycles. The van der Waals surface area contributed by atoms with Crippen molar-refractivity contribution in [2.75, 3.05) is 13.7 Å². The van der Waals surface area contributed by atoms with Crippen molar-refractivity contribution in [3.63, 3.8) is 0 Å². The van der Waals surface area contributed by atoms with E-state index in [1.54, 1.807) is 23.8 Å². The van der Waals surface area contributed by atoms with Crippen LogP contribution < -0.4 is 5.56 Å². The minimum Gasteiger partial charge on any atom is -0.481 e. The van der Waals surface area contributed by atoms with Crippen LogP contribution in [-0.2, 0) is 22.5 Å². The van der Waals surface area contributed by atoms with E-state index in [1.165, 1.54) is 11.3 Å². The lowest BCUT2D eigenvalue weighted by Crippen LogP contribution is -2.26. The molecule has 0 aliphatic carbocycles. The Morgan fingerprint density at radius 2 is 2.07 bits per heavy atom. The molecule has 6 nitrogen and oxygen atoms in total. The van der Waals surface area contributed by atoms with Crippen molar-refractivity contribution in [2.24, 2.45) is 0 Å². The molecule has 0 saturated heterocycles. The van der Waals surface area contributed by atoms with Crippen LogP contribution in [-0.4, -0.2) is 34.3 Å². The summed E-state index contributed by atoms with van der Waals surface area (Å²) in [5.41, 5.74) is 1.56. The Hall–Kier alpha value is -2.22. The maximum Gasteiger partial charge on any atom is 0.303 e. The normalized spacial score (nSPS) is 11.2. The first-order valence-electron chi connectivity index (χ1n) is 8.49. The number of halogens is 1. The lowest BCUT2D eigenvalue weighted by atomic mass is 10.1. The number of benzene rings is 1. The minimum atomic E-state index is -0.882. The van der Waals surface area contributed by atoms with E-state index in [-0.39, 0.29) is 12.0 Å². The number of rotatable bonds is 8. The molecule has 0 saturated carbocycles. The highest BCUT2D eigenvalue weighted by Crippen LogP contribution is 2.31. The molecule has 8 heteroatoms. The molecule has 0 spiro atoms. The van der Waals surface area contributed by atoms with Gasteiger partial charge in [0.25, 0.3) is 5.56 Å². The van der Waals surface area contributed by atoms with Gasteiger partial charge in [0, 0.05) is 42.5 Å². The Morgan fingerprint density at radius 3 is 2.74 bits per heavy atom. The molecular weight excluding hydrogens is 388 g/mol. The van der Waals surface area contributed by atoms with Gasteiger partial charge in [0.1, 0.15) is 10.7 Å². The number of methoxy groups -OCH3 is 1. The quantitative estimate of drug-likeness (QED) is 0.614. The Morgan fingerprint density at radius 1 is 1.33 bits per heavy atom. The molecule has 0 bridgehead atoms. The Labute approximate surface area is 165 Å². The molecule has 0 fully saturated rings. The van der Waals surface area contributed by atoms with Gasteiger partial charge in [0.15, 0.2) is 0 Å². The van der Waals surface area contributed by atoms with E-state index >= 15 is 0 Å². The van der Waals surface area contributed by atoms with E-state index in [0.717, 1.165) is 11.1 Å². The van der Waals surface area contributed by atoms with Gasteiger partial charge in [-0.25, -0.2) is 4.98 Å². The molecular formula is C19H19ClN2O4S. The van der Waals surface area contributed by atoms with Crippen LogP contribution in [0.3, 0.4) is 0 Å². The number of hydrogen-bond donors (Lipinski definition) is 1. The monoisotopic (exact) mass is 406 g/mol. The third kappa shape index (κ3) is 4.37. The summed E-state index contributed by atoms with van der Waals surface area (Å²) >= 11 is 7.38. The summed E-state index contributed by atoms with van der Waals surface area (Å²) in [5.74, 6) is -0.267. The summed E-state index contributed by atoms with van der Waals surface area (Å²) in [6, 6.07) is 7.31. The first-order chi connectivity index (χ1) is 13.0. The SMILES string of the molecule is COCCc1nc2scc(-c3ccc(Cl)cc3)c2c(=O)n1CCCC(=O)O. The van der Waals surface area contributed by atoms with Crippen molar-refractivity contribution in [1.82, 2.24) is 9.55 Å². The van der Waals surface area contributed by atoms with Crippen LogP contribution in [0, 0.1) is 0 Å². The topological polar surface area (TPSA) is 81.4 Å². The number of nitrogens with zero attached hydrogens (tertiary/aromatic N) is 2. The summed E-state index contributed by atoms with van der Waals surface area (Å²) in [5, 5.41) is 12.0. The predicted octanol–water partition coefficient (Wildman–Crippen LogP) is 3.83. The number of fused-ring (bicyclic) bond motifs is 1. The number of hydrogen-bond acceptors (Lipinski definition) is 5. The average molecular weight is 407 g/mol. The van der Waals surface area contributed by atoms with E-state index in [9.17, 15) is 9.59 Å². The van der Waals surface area contributed by atoms with Crippen LogP contribution in [0.25, 0.3) is 21.3 Å². The van der Waals surface area contributed by atoms with Crippen molar-refractivity contribution in [3.8, 4) is 11.1 Å². The highest BCUT2D eigenvalue weighted by atomic mass is 35.5. The highest BCUT2D eigenvalue weighted by Gasteiger charge is 2.17. The average Bonchev–Trinajstić information content (AvgIpc) is 3.06. The molecule has 3 rings (SSSR count). The van der Waals surface area contributed by atoms with Gasteiger partial charge in [-0.2, -0.15) is 0 Å². The van der Waals surface area contributed by atoms with Crippen molar-refractivity contribution in [2.45, 2.75) is 25.8 Å². The Kier molecular flexibility index (Phi) is 6.26. The van der Waals surface area contributed by atoms with Crippen molar-refractivity contribution in [3.05, 3.63) is 50.8 Å². The van der Waals surface area contributed by atoms with E-state index in [2.05, 4.69) is 4.98 Å². The highest BCUT2D eigenvalue weighted by molar-refractivity contribution is 7.17. The summed E-state index contributed by atoms with van der Waals surface area (Å²) in [6.45, 7) is 0.745. The van der Waals surface area contributed by atoms with Gasteiger partial charge in [-0.05, 0) is 24.1 Å². The standard InChI is InChI=1S/C19H19ClN2O4S/c1-26-10-8-15-21-18-17(19(25)22(15)9-2-3-16(23)24)14(11-27-18)12-4-6-13(20)7-5-12/h4-7,11H,2-3,8-10H2,1H3,(H,23,24). The van der Waals surface area contributed by atoms with Crippen LogP contribution >= 0.6 is 22.9 Å². The van der Waals surface area contributed by atoms with Gasteiger partial charge in [-0.3, -0.25) is 14.2 Å². The molecule has 0 radical (unpaired) electrons. The third-order valence-corrected chi connectivity index (χ3v) is 5.35. The van der Waals surface area contributed by atoms with Crippen molar-refractivity contribution >= 4 is 39.1 Å². The summed E-state index contributed by atoms with van der Waals surface area (Å²) < 4.78 is 6.70. The van der Waals surface area contributed by atoms with E-state index in [4.69, 9.17) is 21.4 Å². The Balaban J connectivity index is 2.09. The zero-order valence-corrected chi connectivity index (χ0v) is 16.3. The fourth-order valence-corrected chi connectivity index (χ4v) is 3.99. The van der Waals surface area contributed by atoms with Gasteiger partial charge < -0.3 is 9.84 Å². The largest absolute Gasteiger partial charge is 0.481 e. The smallest absolute Gasteiger partial charge is 0.303 e. The number of carboxylic acids is 1. The number of thiophene rings is 1. The second-order valence-electron chi connectivity index (χ2n) is 6.06. The zero-order valence-electron chi connectivity index (χ0n) is 14.8. The molecule has 1 N–H and O–H groups in total. The maximum atomic E-state index is 13.2. The first kappa shape index (κ1) is 19.5. The summed E-state index contributed by atoms with van der Waals surface area (Å²) in [6.07, 6.45) is 0.855. The van der Waals surface area contributed by atoms with Crippen LogP contribution in [0.4, 0.5) is 0 Å². The fraction of sp³-hybridized carbons (Fsp3) is 0.316. The Bertz CT molecular complexity index is 1010. The van der Waals surface area contributed by atoms with E-state index < -0.39 is 5.97 Å². The van der Waals surface area contributed by atoms with Crippen LogP contribution in [0.15, 0.2) is 34.4 Å². The second-order valence-corrected chi connectivity index (χ2v) is 7.36. The molecule has 0 atom stereocenters. The molecule has 1 aromatic carbocycles. The minimum absolute atomic E-state index is 0.00186. The van der Waals surface area contributed by atoms with Crippen LogP contribution in [0.5, 0.6) is 0 Å².